The van der Waals surface area contributed by atoms with E-state index in [9.17, 15) is 9.90 Å². The second-order valence-corrected chi connectivity index (χ2v) is 5.08. The standard InChI is InChI=1S/C15H22N2O2/c18-14(13-6-2-1-3-7-13)12-16-9-5-11-17-10-4-8-15(17)19/h1-3,6-7,14,16,18H,4-5,8-12H2/p+1/t14-/m1/s1. The van der Waals surface area contributed by atoms with Gasteiger partial charge in [0, 0.05) is 25.9 Å². The molecular weight excluding hydrogens is 240 g/mol. The summed E-state index contributed by atoms with van der Waals surface area (Å²) in [6.07, 6.45) is 2.31. The second-order valence-electron chi connectivity index (χ2n) is 5.08. The number of likely N-dealkylation sites (tertiary alicyclic amines) is 1. The number of amides is 1. The van der Waals surface area contributed by atoms with Crippen LogP contribution >= 0.6 is 0 Å². The zero-order valence-corrected chi connectivity index (χ0v) is 11.3. The first-order valence-electron chi connectivity index (χ1n) is 7.10. The quantitative estimate of drug-likeness (QED) is 0.695. The molecule has 3 N–H and O–H groups in total. The Bertz CT molecular complexity index is 394. The van der Waals surface area contributed by atoms with Crippen LogP contribution < -0.4 is 5.32 Å². The average Bonchev–Trinajstić information content (AvgIpc) is 2.85. The van der Waals surface area contributed by atoms with Gasteiger partial charge >= 0.3 is 0 Å². The number of carbonyl (C=O) groups is 1. The van der Waals surface area contributed by atoms with Crippen LogP contribution in [0.15, 0.2) is 30.3 Å². The third kappa shape index (κ3) is 4.33. The van der Waals surface area contributed by atoms with Gasteiger partial charge in [-0.3, -0.25) is 4.79 Å². The maximum Gasteiger partial charge on any atom is 0.222 e. The van der Waals surface area contributed by atoms with E-state index in [0.29, 0.717) is 12.5 Å². The van der Waals surface area contributed by atoms with E-state index >= 15 is 0 Å². The Hall–Kier alpha value is -1.39. The van der Waals surface area contributed by atoms with Gasteiger partial charge in [-0.1, -0.05) is 30.3 Å². The first-order valence-corrected chi connectivity index (χ1v) is 7.10. The van der Waals surface area contributed by atoms with E-state index < -0.39 is 6.10 Å². The van der Waals surface area contributed by atoms with Gasteiger partial charge in [0.05, 0.1) is 6.54 Å². The molecule has 1 fully saturated rings. The molecule has 19 heavy (non-hydrogen) atoms. The van der Waals surface area contributed by atoms with Gasteiger partial charge < -0.3 is 15.3 Å². The van der Waals surface area contributed by atoms with Crippen molar-refractivity contribution < 1.29 is 15.2 Å². The molecule has 0 saturated carbocycles. The highest BCUT2D eigenvalue weighted by Crippen LogP contribution is 2.10. The monoisotopic (exact) mass is 263 g/mol. The Morgan fingerprint density at radius 1 is 1.32 bits per heavy atom. The molecule has 1 amide bonds. The van der Waals surface area contributed by atoms with E-state index in [-0.39, 0.29) is 0 Å². The molecule has 1 aliphatic rings. The lowest BCUT2D eigenvalue weighted by atomic mass is 10.1. The molecule has 1 aromatic carbocycles. The van der Waals surface area contributed by atoms with Crippen LogP contribution in [0.1, 0.15) is 30.9 Å². The smallest absolute Gasteiger partial charge is 0.222 e. The van der Waals surface area contributed by atoms with Crippen LogP contribution in [-0.4, -0.2) is 42.1 Å². The molecule has 2 rings (SSSR count). The number of aliphatic hydroxyl groups is 1. The summed E-state index contributed by atoms with van der Waals surface area (Å²) in [5.41, 5.74) is 0.966. The summed E-state index contributed by atoms with van der Waals surface area (Å²) in [5, 5.41) is 12.1. The van der Waals surface area contributed by atoms with Crippen molar-refractivity contribution in [3.05, 3.63) is 35.9 Å². The van der Waals surface area contributed by atoms with Crippen LogP contribution in [0.4, 0.5) is 0 Å². The van der Waals surface area contributed by atoms with Crippen LogP contribution in [0, 0.1) is 0 Å². The Balaban J connectivity index is 1.58. The molecule has 4 heteroatoms. The average molecular weight is 263 g/mol. The molecule has 1 atom stereocenters. The molecule has 1 aromatic rings. The van der Waals surface area contributed by atoms with Crippen molar-refractivity contribution in [1.29, 1.82) is 0 Å². The van der Waals surface area contributed by atoms with E-state index in [0.717, 1.165) is 44.5 Å². The maximum absolute atomic E-state index is 11.4. The normalized spacial score (nSPS) is 16.9. The molecule has 0 aliphatic carbocycles. The largest absolute Gasteiger partial charge is 0.382 e. The first kappa shape index (κ1) is 14.0. The minimum atomic E-state index is -0.408. The summed E-state index contributed by atoms with van der Waals surface area (Å²) in [4.78, 5) is 13.4. The van der Waals surface area contributed by atoms with Gasteiger partial charge in [0.2, 0.25) is 5.91 Å². The number of rotatable bonds is 7. The van der Waals surface area contributed by atoms with Gasteiger partial charge in [-0.25, -0.2) is 0 Å². The van der Waals surface area contributed by atoms with Crippen molar-refractivity contribution in [3.8, 4) is 0 Å². The number of nitrogens with two attached hydrogens (primary N) is 1. The molecule has 0 bridgehead atoms. The van der Waals surface area contributed by atoms with Crippen molar-refractivity contribution in [2.75, 3.05) is 26.2 Å². The third-order valence-electron chi connectivity index (χ3n) is 3.58. The third-order valence-corrected chi connectivity index (χ3v) is 3.58. The summed E-state index contributed by atoms with van der Waals surface area (Å²) >= 11 is 0. The van der Waals surface area contributed by atoms with Gasteiger partial charge in [0.1, 0.15) is 12.6 Å². The highest BCUT2D eigenvalue weighted by atomic mass is 16.3. The predicted octanol–water partition coefficient (Wildman–Crippen LogP) is 0.296. The van der Waals surface area contributed by atoms with Crippen LogP contribution in [0.2, 0.25) is 0 Å². The topological polar surface area (TPSA) is 57.2 Å². The van der Waals surface area contributed by atoms with Crippen molar-refractivity contribution in [1.82, 2.24) is 4.90 Å². The second kappa shape index (κ2) is 7.26. The van der Waals surface area contributed by atoms with Gasteiger partial charge in [-0.05, 0) is 12.0 Å². The minimum absolute atomic E-state index is 0.296. The fourth-order valence-corrected chi connectivity index (χ4v) is 2.45. The summed E-state index contributed by atoms with van der Waals surface area (Å²) in [6, 6.07) is 9.73. The van der Waals surface area contributed by atoms with E-state index in [4.69, 9.17) is 0 Å². The Kier molecular flexibility index (Phi) is 5.36. The van der Waals surface area contributed by atoms with Gasteiger partial charge in [0.25, 0.3) is 0 Å². The van der Waals surface area contributed by atoms with E-state index in [1.54, 1.807) is 0 Å². The van der Waals surface area contributed by atoms with E-state index in [2.05, 4.69) is 5.32 Å². The number of hydrogen-bond donors (Lipinski definition) is 2. The molecule has 0 unspecified atom stereocenters. The molecule has 0 radical (unpaired) electrons. The Morgan fingerprint density at radius 2 is 2.11 bits per heavy atom. The lowest BCUT2D eigenvalue weighted by molar-refractivity contribution is -0.662. The first-order chi connectivity index (χ1) is 9.27. The summed E-state index contributed by atoms with van der Waals surface area (Å²) in [7, 11) is 0. The highest BCUT2D eigenvalue weighted by Gasteiger charge is 2.19. The number of benzene rings is 1. The fraction of sp³-hybridized carbons (Fsp3) is 0.533. The number of aliphatic hydroxyl groups excluding tert-OH is 1. The number of quaternary nitrogens is 1. The van der Waals surface area contributed by atoms with Crippen LogP contribution in [0.5, 0.6) is 0 Å². The van der Waals surface area contributed by atoms with E-state index in [1.807, 2.05) is 35.2 Å². The van der Waals surface area contributed by atoms with Crippen molar-refractivity contribution >= 4 is 5.91 Å². The van der Waals surface area contributed by atoms with Gasteiger partial charge in [0.15, 0.2) is 0 Å². The van der Waals surface area contributed by atoms with Crippen molar-refractivity contribution in [2.45, 2.75) is 25.4 Å². The van der Waals surface area contributed by atoms with Crippen molar-refractivity contribution in [2.24, 2.45) is 0 Å². The van der Waals surface area contributed by atoms with Gasteiger partial charge in [-0.15, -0.1) is 0 Å². The molecule has 1 saturated heterocycles. The maximum atomic E-state index is 11.4. The lowest BCUT2D eigenvalue weighted by Gasteiger charge is -2.15. The van der Waals surface area contributed by atoms with Crippen LogP contribution in [0.3, 0.4) is 0 Å². The molecule has 104 valence electrons. The van der Waals surface area contributed by atoms with Crippen LogP contribution in [-0.2, 0) is 4.79 Å². The SMILES string of the molecule is O=C1CCCN1CCC[NH2+]C[C@@H](O)c1ccccc1. The van der Waals surface area contributed by atoms with Crippen molar-refractivity contribution in [3.63, 3.8) is 0 Å². The summed E-state index contributed by atoms with van der Waals surface area (Å²) in [5.74, 6) is 0.296. The van der Waals surface area contributed by atoms with E-state index in [1.165, 1.54) is 0 Å². The van der Waals surface area contributed by atoms with Gasteiger partial charge in [-0.2, -0.15) is 0 Å². The number of nitrogens with zero attached hydrogens (tertiary/aromatic N) is 1. The van der Waals surface area contributed by atoms with Crippen LogP contribution in [0.25, 0.3) is 0 Å². The number of hydrogen-bond acceptors (Lipinski definition) is 2. The Labute approximate surface area is 114 Å². The molecule has 0 spiro atoms. The summed E-state index contributed by atoms with van der Waals surface area (Å²) in [6.45, 7) is 3.41. The number of carbonyl (C=O) groups excluding carboxylic acids is 1. The molecule has 1 aliphatic heterocycles. The molecule has 1 heterocycles. The zero-order chi connectivity index (χ0) is 13.5. The lowest BCUT2D eigenvalue weighted by Crippen LogP contribution is -2.85. The zero-order valence-electron chi connectivity index (χ0n) is 11.3. The summed E-state index contributed by atoms with van der Waals surface area (Å²) < 4.78 is 0. The molecule has 0 aromatic heterocycles. The highest BCUT2D eigenvalue weighted by molar-refractivity contribution is 5.77. The molecule has 4 nitrogen and oxygen atoms in total. The minimum Gasteiger partial charge on any atom is -0.382 e. The molecular formula is C15H23N2O2+. The Morgan fingerprint density at radius 3 is 2.79 bits per heavy atom. The predicted molar refractivity (Wildman–Crippen MR) is 73.5 cm³/mol. The fourth-order valence-electron chi connectivity index (χ4n) is 2.45.